The zero-order valence-corrected chi connectivity index (χ0v) is 13.4. The number of aliphatic hydroxyl groups is 1. The molecular weight excluding hydrogens is 348 g/mol. The summed E-state index contributed by atoms with van der Waals surface area (Å²) in [4.78, 5) is 3.94. The first-order valence-corrected chi connectivity index (χ1v) is 8.40. The van der Waals surface area contributed by atoms with Crippen LogP contribution in [0.4, 0.5) is 5.82 Å². The Bertz CT molecular complexity index is 595. The predicted octanol–water partition coefficient (Wildman–Crippen LogP) is 0.521. The number of anilines is 1. The van der Waals surface area contributed by atoms with Crippen LogP contribution in [0.1, 0.15) is 13.3 Å². The molecule has 1 aliphatic rings. The van der Waals surface area contributed by atoms with Crippen molar-refractivity contribution in [3.05, 3.63) is 16.7 Å². The maximum Gasteiger partial charge on any atom is 0.246 e. The molecule has 1 aromatic rings. The Labute approximate surface area is 126 Å². The lowest BCUT2D eigenvalue weighted by Gasteiger charge is -2.33. The second kappa shape index (κ2) is 5.94. The summed E-state index contributed by atoms with van der Waals surface area (Å²) in [5, 5.41) is 9.87. The number of halogens is 1. The van der Waals surface area contributed by atoms with Gasteiger partial charge in [0.05, 0.1) is 6.10 Å². The van der Waals surface area contributed by atoms with Gasteiger partial charge < -0.3 is 10.5 Å². The highest BCUT2D eigenvalue weighted by atomic mass is 79.9. The fourth-order valence-corrected chi connectivity index (χ4v) is 4.19. The predicted molar refractivity (Wildman–Crippen MR) is 78.3 cm³/mol. The van der Waals surface area contributed by atoms with E-state index in [1.165, 1.54) is 16.6 Å². The van der Waals surface area contributed by atoms with Gasteiger partial charge in [0.2, 0.25) is 10.0 Å². The number of hydrogen-bond acceptors (Lipinski definition) is 6. The fourth-order valence-electron chi connectivity index (χ4n) is 2.10. The second-order valence-corrected chi connectivity index (χ2v) is 7.66. The first-order valence-electron chi connectivity index (χ1n) is 6.16. The monoisotopic (exact) mass is 364 g/mol. The molecule has 2 unspecified atom stereocenters. The lowest BCUT2D eigenvalue weighted by atomic mass is 9.98. The van der Waals surface area contributed by atoms with Crippen LogP contribution in [-0.4, -0.2) is 42.0 Å². The molecule has 2 atom stereocenters. The van der Waals surface area contributed by atoms with Crippen molar-refractivity contribution in [1.82, 2.24) is 9.29 Å². The minimum Gasteiger partial charge on any atom is -0.391 e. The van der Waals surface area contributed by atoms with Gasteiger partial charge in [-0.05, 0) is 34.3 Å². The molecule has 0 saturated carbocycles. The number of rotatable bonds is 3. The number of nitrogen functional groups attached to an aromatic ring is 1. The SMILES string of the molecule is CC1CCN(S(=O)(=O)c2cc(Br)cnc2NN)CC1O. The Hall–Kier alpha value is -0.740. The molecule has 0 aromatic carbocycles. The highest BCUT2D eigenvalue weighted by Gasteiger charge is 2.34. The fraction of sp³-hybridized carbons (Fsp3) is 0.545. The number of β-amino-alcohol motifs (C(OH)–C–C–N with tert-alkyl or cyclic N) is 1. The van der Waals surface area contributed by atoms with Crippen molar-refractivity contribution in [3.63, 3.8) is 0 Å². The van der Waals surface area contributed by atoms with Crippen molar-refractivity contribution in [2.75, 3.05) is 18.5 Å². The molecule has 2 rings (SSSR count). The van der Waals surface area contributed by atoms with Gasteiger partial charge in [-0.25, -0.2) is 19.2 Å². The van der Waals surface area contributed by atoms with Crippen LogP contribution in [0.25, 0.3) is 0 Å². The number of hydrogen-bond donors (Lipinski definition) is 3. The van der Waals surface area contributed by atoms with E-state index in [0.717, 1.165) is 0 Å². The molecule has 0 aliphatic carbocycles. The summed E-state index contributed by atoms with van der Waals surface area (Å²) in [6.45, 7) is 2.36. The maximum absolute atomic E-state index is 12.6. The van der Waals surface area contributed by atoms with Gasteiger partial charge in [-0.2, -0.15) is 4.31 Å². The number of nitrogens with two attached hydrogens (primary N) is 1. The molecule has 0 radical (unpaired) electrons. The number of nitrogens with zero attached hydrogens (tertiary/aromatic N) is 2. The van der Waals surface area contributed by atoms with Crippen molar-refractivity contribution < 1.29 is 13.5 Å². The third-order valence-electron chi connectivity index (χ3n) is 3.46. The van der Waals surface area contributed by atoms with E-state index in [1.54, 1.807) is 0 Å². The van der Waals surface area contributed by atoms with Crippen molar-refractivity contribution in [2.24, 2.45) is 11.8 Å². The standard InChI is InChI=1S/C11H17BrN4O3S/c1-7-2-3-16(6-9(7)17)20(18,19)10-4-8(12)5-14-11(10)15-13/h4-5,7,9,17H,2-3,6,13H2,1H3,(H,14,15). The first-order chi connectivity index (χ1) is 9.36. The topological polar surface area (TPSA) is 109 Å². The third-order valence-corrected chi connectivity index (χ3v) is 5.77. The lowest BCUT2D eigenvalue weighted by Crippen LogP contribution is -2.45. The van der Waals surface area contributed by atoms with Crippen LogP contribution in [0, 0.1) is 5.92 Å². The van der Waals surface area contributed by atoms with Crippen LogP contribution in [0.3, 0.4) is 0 Å². The van der Waals surface area contributed by atoms with Crippen molar-refractivity contribution in [3.8, 4) is 0 Å². The maximum atomic E-state index is 12.6. The second-order valence-electron chi connectivity index (χ2n) is 4.84. The Kier molecular flexibility index (Phi) is 4.65. The number of nitrogens with one attached hydrogen (secondary N) is 1. The van der Waals surface area contributed by atoms with Crippen LogP contribution in [0.2, 0.25) is 0 Å². The third kappa shape index (κ3) is 2.96. The highest BCUT2D eigenvalue weighted by Crippen LogP contribution is 2.28. The minimum atomic E-state index is -3.75. The van der Waals surface area contributed by atoms with E-state index >= 15 is 0 Å². The Morgan fingerprint density at radius 1 is 1.60 bits per heavy atom. The molecule has 1 saturated heterocycles. The summed E-state index contributed by atoms with van der Waals surface area (Å²) in [6.07, 6.45) is 1.42. The van der Waals surface area contributed by atoms with Crippen molar-refractivity contribution >= 4 is 31.8 Å². The van der Waals surface area contributed by atoms with Crippen LogP contribution >= 0.6 is 15.9 Å². The molecule has 112 valence electrons. The Morgan fingerprint density at radius 2 is 2.30 bits per heavy atom. The Morgan fingerprint density at radius 3 is 2.90 bits per heavy atom. The van der Waals surface area contributed by atoms with Gasteiger partial charge in [-0.1, -0.05) is 6.92 Å². The molecular formula is C11H17BrN4O3S. The number of aromatic nitrogens is 1. The highest BCUT2D eigenvalue weighted by molar-refractivity contribution is 9.10. The smallest absolute Gasteiger partial charge is 0.246 e. The number of pyridine rings is 1. The van der Waals surface area contributed by atoms with E-state index in [-0.39, 0.29) is 23.2 Å². The summed E-state index contributed by atoms with van der Waals surface area (Å²) in [5.41, 5.74) is 2.29. The minimum absolute atomic E-state index is 0.00359. The van der Waals surface area contributed by atoms with Gasteiger partial charge >= 0.3 is 0 Å². The molecule has 0 spiro atoms. The van der Waals surface area contributed by atoms with Crippen molar-refractivity contribution in [1.29, 1.82) is 0 Å². The lowest BCUT2D eigenvalue weighted by molar-refractivity contribution is 0.0605. The molecule has 4 N–H and O–H groups in total. The average Bonchev–Trinajstić information content (AvgIpc) is 2.41. The van der Waals surface area contributed by atoms with Gasteiger partial charge in [0.25, 0.3) is 0 Å². The van der Waals surface area contributed by atoms with Crippen LogP contribution in [0.5, 0.6) is 0 Å². The summed E-state index contributed by atoms with van der Waals surface area (Å²) in [6, 6.07) is 1.45. The van der Waals surface area contributed by atoms with Crippen LogP contribution in [0.15, 0.2) is 21.6 Å². The molecule has 0 bridgehead atoms. The van der Waals surface area contributed by atoms with E-state index in [4.69, 9.17) is 5.84 Å². The number of hydrazine groups is 1. The van der Waals surface area contributed by atoms with Gasteiger partial charge in [0, 0.05) is 23.8 Å². The zero-order valence-electron chi connectivity index (χ0n) is 11.0. The van der Waals surface area contributed by atoms with Crippen LogP contribution < -0.4 is 11.3 Å². The molecule has 7 nitrogen and oxygen atoms in total. The average molecular weight is 365 g/mol. The number of piperidine rings is 1. The number of sulfonamides is 1. The molecule has 1 aromatic heterocycles. The van der Waals surface area contributed by atoms with Crippen LogP contribution in [-0.2, 0) is 10.0 Å². The van der Waals surface area contributed by atoms with Crippen molar-refractivity contribution in [2.45, 2.75) is 24.3 Å². The Balaban J connectivity index is 2.38. The van der Waals surface area contributed by atoms with E-state index in [1.807, 2.05) is 6.92 Å². The number of aliphatic hydroxyl groups excluding tert-OH is 1. The van der Waals surface area contributed by atoms with E-state index < -0.39 is 16.1 Å². The molecule has 2 heterocycles. The van der Waals surface area contributed by atoms with Gasteiger partial charge in [-0.3, -0.25) is 0 Å². The quantitative estimate of drug-likeness (QED) is 0.532. The summed E-state index contributed by atoms with van der Waals surface area (Å²) in [7, 11) is -3.75. The first kappa shape index (κ1) is 15.6. The summed E-state index contributed by atoms with van der Waals surface area (Å²) < 4.78 is 27.1. The molecule has 20 heavy (non-hydrogen) atoms. The van der Waals surface area contributed by atoms with E-state index in [2.05, 4.69) is 26.3 Å². The largest absolute Gasteiger partial charge is 0.391 e. The zero-order chi connectivity index (χ0) is 14.9. The summed E-state index contributed by atoms with van der Waals surface area (Å²) in [5.74, 6) is 5.49. The van der Waals surface area contributed by atoms with Gasteiger partial charge in [-0.15, -0.1) is 0 Å². The van der Waals surface area contributed by atoms with E-state index in [0.29, 0.717) is 17.4 Å². The normalized spacial score (nSPS) is 24.6. The van der Waals surface area contributed by atoms with E-state index in [9.17, 15) is 13.5 Å². The van der Waals surface area contributed by atoms with Gasteiger partial charge in [0.1, 0.15) is 4.90 Å². The molecule has 9 heteroatoms. The molecule has 1 aliphatic heterocycles. The molecule has 1 fully saturated rings. The summed E-state index contributed by atoms with van der Waals surface area (Å²) >= 11 is 3.20. The molecule has 0 amide bonds. The van der Waals surface area contributed by atoms with Gasteiger partial charge in [0.15, 0.2) is 5.82 Å².